The van der Waals surface area contributed by atoms with Gasteiger partial charge in [-0.1, -0.05) is 36.4 Å². The highest BCUT2D eigenvalue weighted by atomic mass is 19.1. The number of fused-ring (bicyclic) bond motifs is 1. The van der Waals surface area contributed by atoms with Gasteiger partial charge in [-0.05, 0) is 53.6 Å². The summed E-state index contributed by atoms with van der Waals surface area (Å²) in [5, 5.41) is 7.64. The monoisotopic (exact) mass is 350 g/mol. The lowest BCUT2D eigenvalue weighted by atomic mass is 10.0. The molecule has 0 heterocycles. The van der Waals surface area contributed by atoms with Gasteiger partial charge < -0.3 is 10.6 Å². The Kier molecular flexibility index (Phi) is 5.27. The molecule has 2 amide bonds. The first-order valence-electron chi connectivity index (χ1n) is 8.35. The predicted molar refractivity (Wildman–Crippen MR) is 99.2 cm³/mol. The van der Waals surface area contributed by atoms with Crippen molar-refractivity contribution in [2.75, 3.05) is 6.54 Å². The summed E-state index contributed by atoms with van der Waals surface area (Å²) in [5.74, 6) is -1.12. The molecule has 3 aromatic rings. The Hall–Kier alpha value is -3.21. The predicted octanol–water partition coefficient (Wildman–Crippen LogP) is 3.59. The van der Waals surface area contributed by atoms with E-state index < -0.39 is 11.7 Å². The molecule has 1 unspecified atom stereocenters. The Morgan fingerprint density at radius 1 is 0.962 bits per heavy atom. The van der Waals surface area contributed by atoms with Gasteiger partial charge in [-0.25, -0.2) is 4.39 Å². The minimum absolute atomic E-state index is 0.145. The van der Waals surface area contributed by atoms with Gasteiger partial charge in [-0.15, -0.1) is 0 Å². The van der Waals surface area contributed by atoms with Crippen LogP contribution >= 0.6 is 0 Å². The van der Waals surface area contributed by atoms with Gasteiger partial charge in [-0.3, -0.25) is 9.59 Å². The molecular weight excluding hydrogens is 331 g/mol. The van der Waals surface area contributed by atoms with Crippen LogP contribution in [0.3, 0.4) is 0 Å². The molecule has 132 valence electrons. The topological polar surface area (TPSA) is 58.2 Å². The second-order valence-corrected chi connectivity index (χ2v) is 6.09. The second-order valence-electron chi connectivity index (χ2n) is 6.09. The zero-order valence-electron chi connectivity index (χ0n) is 14.3. The maximum Gasteiger partial charge on any atom is 0.251 e. The molecule has 0 fully saturated rings. The third-order valence-electron chi connectivity index (χ3n) is 4.17. The highest BCUT2D eigenvalue weighted by Crippen LogP contribution is 2.20. The van der Waals surface area contributed by atoms with Crippen LogP contribution in [0.25, 0.3) is 10.8 Å². The molecule has 3 rings (SSSR count). The first-order chi connectivity index (χ1) is 12.5. The molecule has 0 aliphatic heterocycles. The van der Waals surface area contributed by atoms with Gasteiger partial charge >= 0.3 is 0 Å². The second kappa shape index (κ2) is 7.78. The van der Waals surface area contributed by atoms with E-state index in [9.17, 15) is 14.0 Å². The van der Waals surface area contributed by atoms with E-state index in [0.29, 0.717) is 5.56 Å². The van der Waals surface area contributed by atoms with Crippen LogP contribution in [0.15, 0.2) is 66.7 Å². The number of rotatable bonds is 5. The Balaban J connectivity index is 1.56. The molecule has 0 saturated heterocycles. The van der Waals surface area contributed by atoms with Crippen molar-refractivity contribution in [3.05, 3.63) is 83.7 Å². The molecule has 0 aromatic heterocycles. The minimum Gasteiger partial charge on any atom is -0.348 e. The normalized spacial score (nSPS) is 11.8. The van der Waals surface area contributed by atoms with Gasteiger partial charge in [0, 0.05) is 5.56 Å². The number of benzene rings is 3. The Labute approximate surface area is 151 Å². The van der Waals surface area contributed by atoms with Crippen LogP contribution in [0.4, 0.5) is 4.39 Å². The SMILES string of the molecule is CC(NC(=O)CNC(=O)c1ccc(F)cc1)c1ccc2ccccc2c1. The lowest BCUT2D eigenvalue weighted by molar-refractivity contribution is -0.120. The van der Waals surface area contributed by atoms with E-state index in [-0.39, 0.29) is 18.5 Å². The number of hydrogen-bond donors (Lipinski definition) is 2. The fourth-order valence-electron chi connectivity index (χ4n) is 2.72. The van der Waals surface area contributed by atoms with Crippen LogP contribution < -0.4 is 10.6 Å². The molecule has 0 spiro atoms. The van der Waals surface area contributed by atoms with Crippen LogP contribution in [0.1, 0.15) is 28.9 Å². The molecule has 26 heavy (non-hydrogen) atoms. The van der Waals surface area contributed by atoms with Gasteiger partial charge in [-0.2, -0.15) is 0 Å². The lowest BCUT2D eigenvalue weighted by Gasteiger charge is -2.15. The van der Waals surface area contributed by atoms with E-state index in [0.717, 1.165) is 16.3 Å². The van der Waals surface area contributed by atoms with Gasteiger partial charge in [0.15, 0.2) is 0 Å². The van der Waals surface area contributed by atoms with Crippen LogP contribution in [-0.2, 0) is 4.79 Å². The first-order valence-corrected chi connectivity index (χ1v) is 8.35. The number of nitrogens with one attached hydrogen (secondary N) is 2. The lowest BCUT2D eigenvalue weighted by Crippen LogP contribution is -2.38. The Bertz CT molecular complexity index is 938. The molecule has 0 aliphatic carbocycles. The smallest absolute Gasteiger partial charge is 0.251 e. The zero-order valence-corrected chi connectivity index (χ0v) is 14.3. The molecule has 2 N–H and O–H groups in total. The number of amides is 2. The summed E-state index contributed by atoms with van der Waals surface area (Å²) in [7, 11) is 0. The third-order valence-corrected chi connectivity index (χ3v) is 4.17. The standard InChI is InChI=1S/C21H19FN2O2/c1-14(17-7-6-15-4-2-3-5-18(15)12-17)24-20(25)13-23-21(26)16-8-10-19(22)11-9-16/h2-12,14H,13H2,1H3,(H,23,26)(H,24,25). The van der Waals surface area contributed by atoms with Gasteiger partial charge in [0.05, 0.1) is 12.6 Å². The molecule has 1 atom stereocenters. The molecule has 0 saturated carbocycles. The maximum absolute atomic E-state index is 12.9. The van der Waals surface area contributed by atoms with E-state index in [1.807, 2.05) is 49.4 Å². The summed E-state index contributed by atoms with van der Waals surface area (Å²) in [6.45, 7) is 1.75. The summed E-state index contributed by atoms with van der Waals surface area (Å²) >= 11 is 0. The molecule has 0 bridgehead atoms. The number of hydrogen-bond acceptors (Lipinski definition) is 2. The van der Waals surface area contributed by atoms with Crippen molar-refractivity contribution in [3.63, 3.8) is 0 Å². The van der Waals surface area contributed by atoms with E-state index in [1.165, 1.54) is 24.3 Å². The van der Waals surface area contributed by atoms with Crippen molar-refractivity contribution in [2.24, 2.45) is 0 Å². The number of carbonyl (C=O) groups excluding carboxylic acids is 2. The highest BCUT2D eigenvalue weighted by molar-refractivity contribution is 5.96. The molecule has 5 heteroatoms. The summed E-state index contributed by atoms with van der Waals surface area (Å²) in [6.07, 6.45) is 0. The van der Waals surface area contributed by atoms with Crippen molar-refractivity contribution in [2.45, 2.75) is 13.0 Å². The number of halogens is 1. The van der Waals surface area contributed by atoms with Gasteiger partial charge in [0.25, 0.3) is 5.91 Å². The van der Waals surface area contributed by atoms with Crippen molar-refractivity contribution < 1.29 is 14.0 Å². The van der Waals surface area contributed by atoms with E-state index in [2.05, 4.69) is 10.6 Å². The average molecular weight is 350 g/mol. The quantitative estimate of drug-likeness (QED) is 0.739. The van der Waals surface area contributed by atoms with Crippen molar-refractivity contribution >= 4 is 22.6 Å². The maximum atomic E-state index is 12.9. The van der Waals surface area contributed by atoms with Crippen molar-refractivity contribution in [1.29, 1.82) is 0 Å². The zero-order chi connectivity index (χ0) is 18.5. The number of carbonyl (C=O) groups is 2. The summed E-state index contributed by atoms with van der Waals surface area (Å²) in [4.78, 5) is 24.0. The van der Waals surface area contributed by atoms with Crippen LogP contribution in [0, 0.1) is 5.82 Å². The molecular formula is C21H19FN2O2. The average Bonchev–Trinajstić information content (AvgIpc) is 2.66. The van der Waals surface area contributed by atoms with Crippen molar-refractivity contribution in [1.82, 2.24) is 10.6 Å². The molecule has 0 aliphatic rings. The summed E-state index contributed by atoms with van der Waals surface area (Å²) in [5.41, 5.74) is 1.30. The van der Waals surface area contributed by atoms with E-state index >= 15 is 0 Å². The van der Waals surface area contributed by atoms with Crippen molar-refractivity contribution in [3.8, 4) is 0 Å². The highest BCUT2D eigenvalue weighted by Gasteiger charge is 2.12. The first kappa shape index (κ1) is 17.6. The molecule has 3 aromatic carbocycles. The fraction of sp³-hybridized carbons (Fsp3) is 0.143. The largest absolute Gasteiger partial charge is 0.348 e. The summed E-state index contributed by atoms with van der Waals surface area (Å²) in [6, 6.07) is 19.0. The Morgan fingerprint density at radius 2 is 1.65 bits per heavy atom. The van der Waals surface area contributed by atoms with Gasteiger partial charge in [0.2, 0.25) is 5.91 Å². The van der Waals surface area contributed by atoms with E-state index in [1.54, 1.807) is 0 Å². The van der Waals surface area contributed by atoms with Crippen LogP contribution in [0.2, 0.25) is 0 Å². The molecule has 0 radical (unpaired) electrons. The summed E-state index contributed by atoms with van der Waals surface area (Å²) < 4.78 is 12.9. The Morgan fingerprint density at radius 3 is 2.38 bits per heavy atom. The van der Waals surface area contributed by atoms with Crippen LogP contribution in [0.5, 0.6) is 0 Å². The van der Waals surface area contributed by atoms with Gasteiger partial charge in [0.1, 0.15) is 5.82 Å². The minimum atomic E-state index is -0.418. The van der Waals surface area contributed by atoms with Crippen LogP contribution in [-0.4, -0.2) is 18.4 Å². The fourth-order valence-corrected chi connectivity index (χ4v) is 2.72. The van der Waals surface area contributed by atoms with E-state index in [4.69, 9.17) is 0 Å². The molecule has 4 nitrogen and oxygen atoms in total. The third kappa shape index (κ3) is 4.25.